The number of carbonyl (C=O) groups excluding carboxylic acids is 1. The normalized spacial score (nSPS) is 16.5. The summed E-state index contributed by atoms with van der Waals surface area (Å²) in [6, 6.07) is 4.02. The van der Waals surface area contributed by atoms with Gasteiger partial charge in [-0.25, -0.2) is 4.79 Å². The van der Waals surface area contributed by atoms with E-state index >= 15 is 0 Å². The largest absolute Gasteiger partial charge is 0.445 e. The van der Waals surface area contributed by atoms with E-state index in [1.807, 2.05) is 12.1 Å². The number of amides is 1. The van der Waals surface area contributed by atoms with Gasteiger partial charge in [0.1, 0.15) is 6.61 Å². The van der Waals surface area contributed by atoms with Crippen molar-refractivity contribution in [1.82, 2.24) is 10.3 Å². The summed E-state index contributed by atoms with van der Waals surface area (Å²) in [5.74, 6) is 0. The van der Waals surface area contributed by atoms with Crippen LogP contribution in [-0.4, -0.2) is 17.1 Å². The zero-order valence-electron chi connectivity index (χ0n) is 9.89. The second kappa shape index (κ2) is 6.23. The van der Waals surface area contributed by atoms with Crippen LogP contribution in [0.15, 0.2) is 24.5 Å². The van der Waals surface area contributed by atoms with E-state index in [0.29, 0.717) is 6.04 Å². The molecule has 1 aliphatic rings. The molecule has 1 aromatic heterocycles. The fourth-order valence-corrected chi connectivity index (χ4v) is 2.09. The van der Waals surface area contributed by atoms with Crippen molar-refractivity contribution >= 4 is 6.09 Å². The van der Waals surface area contributed by atoms with Crippen LogP contribution in [0.3, 0.4) is 0 Å². The second-order valence-corrected chi connectivity index (χ2v) is 4.42. The van der Waals surface area contributed by atoms with Gasteiger partial charge < -0.3 is 10.1 Å². The van der Waals surface area contributed by atoms with Crippen molar-refractivity contribution in [3.63, 3.8) is 0 Å². The molecule has 1 amide bonds. The lowest BCUT2D eigenvalue weighted by Gasteiger charge is -2.22. The molecule has 0 bridgehead atoms. The van der Waals surface area contributed by atoms with Gasteiger partial charge in [0.25, 0.3) is 0 Å². The minimum atomic E-state index is -0.319. The highest BCUT2D eigenvalue weighted by atomic mass is 16.5. The van der Waals surface area contributed by atoms with Gasteiger partial charge in [0.05, 0.1) is 0 Å². The third-order valence-electron chi connectivity index (χ3n) is 3.02. The van der Waals surface area contributed by atoms with Crippen molar-refractivity contribution in [3.8, 4) is 0 Å². The van der Waals surface area contributed by atoms with Crippen molar-refractivity contribution in [1.29, 1.82) is 0 Å². The Morgan fingerprint density at radius 2 is 2.24 bits per heavy atom. The molecule has 0 spiro atoms. The van der Waals surface area contributed by atoms with Crippen LogP contribution in [0.5, 0.6) is 0 Å². The highest BCUT2D eigenvalue weighted by Crippen LogP contribution is 2.17. The van der Waals surface area contributed by atoms with Gasteiger partial charge in [0.15, 0.2) is 0 Å². The first-order valence-electron chi connectivity index (χ1n) is 6.17. The molecular weight excluding hydrogens is 216 g/mol. The standard InChI is InChI=1S/C13H18N2O2/c16-13(15-12-6-2-1-3-7-12)17-10-11-5-4-8-14-9-11/h4-5,8-9,12H,1-3,6-7,10H2,(H,15,16). The summed E-state index contributed by atoms with van der Waals surface area (Å²) in [7, 11) is 0. The molecular formula is C13H18N2O2. The molecule has 1 N–H and O–H groups in total. The fraction of sp³-hybridized carbons (Fsp3) is 0.538. The van der Waals surface area contributed by atoms with Crippen molar-refractivity contribution in [2.24, 2.45) is 0 Å². The summed E-state index contributed by atoms with van der Waals surface area (Å²) in [5.41, 5.74) is 0.909. The van der Waals surface area contributed by atoms with E-state index in [1.165, 1.54) is 19.3 Å². The van der Waals surface area contributed by atoms with Crippen LogP contribution in [0.2, 0.25) is 0 Å². The maximum atomic E-state index is 11.5. The Hall–Kier alpha value is -1.58. The van der Waals surface area contributed by atoms with Crippen molar-refractivity contribution in [2.45, 2.75) is 44.8 Å². The van der Waals surface area contributed by atoms with Gasteiger partial charge in [-0.1, -0.05) is 25.3 Å². The lowest BCUT2D eigenvalue weighted by Crippen LogP contribution is -2.36. The molecule has 1 fully saturated rings. The van der Waals surface area contributed by atoms with Crippen LogP contribution in [0.25, 0.3) is 0 Å². The Kier molecular flexibility index (Phi) is 4.36. The number of ether oxygens (including phenoxy) is 1. The van der Waals surface area contributed by atoms with Crippen molar-refractivity contribution in [2.75, 3.05) is 0 Å². The second-order valence-electron chi connectivity index (χ2n) is 4.42. The molecule has 4 nitrogen and oxygen atoms in total. The van der Waals surface area contributed by atoms with Crippen LogP contribution in [0, 0.1) is 0 Å². The van der Waals surface area contributed by atoms with E-state index in [2.05, 4.69) is 10.3 Å². The summed E-state index contributed by atoms with van der Waals surface area (Å²) >= 11 is 0. The predicted octanol–water partition coefficient (Wildman–Crippen LogP) is 2.64. The molecule has 92 valence electrons. The fourth-order valence-electron chi connectivity index (χ4n) is 2.09. The van der Waals surface area contributed by atoms with Crippen LogP contribution in [0.4, 0.5) is 4.79 Å². The Bertz CT molecular complexity index is 348. The molecule has 0 aromatic carbocycles. The summed E-state index contributed by atoms with van der Waals surface area (Å²) in [6.07, 6.45) is 8.91. The number of rotatable bonds is 3. The smallest absolute Gasteiger partial charge is 0.407 e. The van der Waals surface area contributed by atoms with Crippen LogP contribution >= 0.6 is 0 Å². The molecule has 1 aliphatic carbocycles. The first-order valence-corrected chi connectivity index (χ1v) is 6.17. The Morgan fingerprint density at radius 1 is 1.41 bits per heavy atom. The topological polar surface area (TPSA) is 51.2 Å². The monoisotopic (exact) mass is 234 g/mol. The highest BCUT2D eigenvalue weighted by molar-refractivity contribution is 5.67. The van der Waals surface area contributed by atoms with Gasteiger partial charge in [-0.05, 0) is 18.9 Å². The van der Waals surface area contributed by atoms with Crippen LogP contribution < -0.4 is 5.32 Å². The summed E-state index contributed by atoms with van der Waals surface area (Å²) in [4.78, 5) is 15.5. The molecule has 17 heavy (non-hydrogen) atoms. The third kappa shape index (κ3) is 4.06. The number of nitrogens with zero attached hydrogens (tertiary/aromatic N) is 1. The van der Waals surface area contributed by atoms with E-state index in [4.69, 9.17) is 4.74 Å². The predicted molar refractivity (Wildman–Crippen MR) is 64.4 cm³/mol. The van der Waals surface area contributed by atoms with Gasteiger partial charge in [-0.2, -0.15) is 0 Å². The number of hydrogen-bond acceptors (Lipinski definition) is 3. The van der Waals surface area contributed by atoms with E-state index in [9.17, 15) is 4.79 Å². The maximum Gasteiger partial charge on any atom is 0.407 e. The summed E-state index contributed by atoms with van der Waals surface area (Å²) in [5, 5.41) is 2.91. The first kappa shape index (κ1) is 11.9. The maximum absolute atomic E-state index is 11.5. The van der Waals surface area contributed by atoms with Crippen molar-refractivity contribution < 1.29 is 9.53 Å². The van der Waals surface area contributed by atoms with Crippen LogP contribution in [-0.2, 0) is 11.3 Å². The molecule has 0 atom stereocenters. The van der Waals surface area contributed by atoms with Crippen molar-refractivity contribution in [3.05, 3.63) is 30.1 Å². The zero-order valence-corrected chi connectivity index (χ0v) is 9.89. The highest BCUT2D eigenvalue weighted by Gasteiger charge is 2.16. The number of carbonyl (C=O) groups is 1. The minimum Gasteiger partial charge on any atom is -0.445 e. The quantitative estimate of drug-likeness (QED) is 0.874. The number of nitrogens with one attached hydrogen (secondary N) is 1. The summed E-state index contributed by atoms with van der Waals surface area (Å²) < 4.78 is 5.14. The molecule has 1 saturated carbocycles. The Balaban J connectivity index is 1.70. The number of pyridine rings is 1. The van der Waals surface area contributed by atoms with E-state index in [-0.39, 0.29) is 12.7 Å². The van der Waals surface area contributed by atoms with Gasteiger partial charge in [-0.15, -0.1) is 0 Å². The average molecular weight is 234 g/mol. The number of alkyl carbamates (subject to hydrolysis) is 1. The van der Waals surface area contributed by atoms with E-state index in [1.54, 1.807) is 12.4 Å². The SMILES string of the molecule is O=C(NC1CCCCC1)OCc1cccnc1. The molecule has 1 aromatic rings. The number of aromatic nitrogens is 1. The van der Waals surface area contributed by atoms with E-state index < -0.39 is 0 Å². The number of hydrogen-bond donors (Lipinski definition) is 1. The Morgan fingerprint density at radius 3 is 2.94 bits per heavy atom. The van der Waals surface area contributed by atoms with Gasteiger partial charge in [0.2, 0.25) is 0 Å². The minimum absolute atomic E-state index is 0.284. The van der Waals surface area contributed by atoms with Gasteiger partial charge in [0, 0.05) is 24.0 Å². The lowest BCUT2D eigenvalue weighted by molar-refractivity contribution is 0.133. The van der Waals surface area contributed by atoms with Crippen LogP contribution in [0.1, 0.15) is 37.7 Å². The molecule has 0 saturated heterocycles. The van der Waals surface area contributed by atoms with Gasteiger partial charge >= 0.3 is 6.09 Å². The molecule has 0 radical (unpaired) electrons. The lowest BCUT2D eigenvalue weighted by atomic mass is 9.96. The Labute approximate surface area is 101 Å². The first-order chi connectivity index (χ1) is 8.34. The molecule has 1 heterocycles. The van der Waals surface area contributed by atoms with Gasteiger partial charge in [-0.3, -0.25) is 4.98 Å². The average Bonchev–Trinajstić information content (AvgIpc) is 2.39. The molecule has 2 rings (SSSR count). The molecule has 4 heteroatoms. The molecule has 0 aliphatic heterocycles. The van der Waals surface area contributed by atoms with E-state index in [0.717, 1.165) is 18.4 Å². The molecule has 0 unspecified atom stereocenters. The third-order valence-corrected chi connectivity index (χ3v) is 3.02. The summed E-state index contributed by atoms with van der Waals surface area (Å²) in [6.45, 7) is 0.284. The zero-order chi connectivity index (χ0) is 11.9.